The maximum atomic E-state index is 13.3. The van der Waals surface area contributed by atoms with Gasteiger partial charge in [0.15, 0.2) is 0 Å². The average Bonchev–Trinajstić information content (AvgIpc) is 2.56. The number of hydrogen-bond acceptors (Lipinski definition) is 3. The van der Waals surface area contributed by atoms with Crippen molar-refractivity contribution in [2.75, 3.05) is 13.7 Å². The first-order chi connectivity index (χ1) is 11.5. The lowest BCUT2D eigenvalue weighted by atomic mass is 10.1. The van der Waals surface area contributed by atoms with E-state index >= 15 is 0 Å². The molecule has 0 aliphatic heterocycles. The van der Waals surface area contributed by atoms with Crippen molar-refractivity contribution in [3.05, 3.63) is 71.0 Å². The summed E-state index contributed by atoms with van der Waals surface area (Å²) in [6, 6.07) is 13.6. The topological polar surface area (TPSA) is 46.6 Å². The van der Waals surface area contributed by atoms with Gasteiger partial charge >= 0.3 is 5.97 Å². The molecule has 0 fully saturated rings. The van der Waals surface area contributed by atoms with Gasteiger partial charge in [-0.3, -0.25) is 9.59 Å². The van der Waals surface area contributed by atoms with Crippen molar-refractivity contribution < 1.29 is 18.7 Å². The number of esters is 1. The molecule has 24 heavy (non-hydrogen) atoms. The van der Waals surface area contributed by atoms with E-state index in [1.54, 1.807) is 12.1 Å². The number of amides is 1. The molecule has 0 unspecified atom stereocenters. The van der Waals surface area contributed by atoms with Gasteiger partial charge in [-0.2, -0.15) is 0 Å². The zero-order chi connectivity index (χ0) is 17.5. The van der Waals surface area contributed by atoms with Crippen LogP contribution in [0.1, 0.15) is 16.7 Å². The molecule has 2 rings (SSSR count). The standard InChI is InChI=1S/C19H20FNO3/c1-14-6-3-4-8-16(14)12-21(13-19(23)24-2)18(22)11-15-7-5-9-17(20)10-15/h3-10H,11-13H2,1-2H3. The minimum Gasteiger partial charge on any atom is -0.468 e. The van der Waals surface area contributed by atoms with Crippen LogP contribution in [0, 0.1) is 12.7 Å². The first-order valence-electron chi connectivity index (χ1n) is 7.63. The summed E-state index contributed by atoms with van der Waals surface area (Å²) in [4.78, 5) is 25.6. The third kappa shape index (κ3) is 4.91. The second-order valence-corrected chi connectivity index (χ2v) is 5.56. The quantitative estimate of drug-likeness (QED) is 0.766. The summed E-state index contributed by atoms with van der Waals surface area (Å²) in [6.45, 7) is 2.11. The highest BCUT2D eigenvalue weighted by molar-refractivity contribution is 5.83. The van der Waals surface area contributed by atoms with E-state index in [0.717, 1.165) is 11.1 Å². The van der Waals surface area contributed by atoms with Gasteiger partial charge in [-0.1, -0.05) is 36.4 Å². The van der Waals surface area contributed by atoms with E-state index in [9.17, 15) is 14.0 Å². The predicted octanol–water partition coefficient (Wildman–Crippen LogP) is 2.88. The first kappa shape index (κ1) is 17.7. The van der Waals surface area contributed by atoms with Crippen LogP contribution in [-0.4, -0.2) is 30.4 Å². The lowest BCUT2D eigenvalue weighted by Crippen LogP contribution is -2.37. The van der Waals surface area contributed by atoms with Gasteiger partial charge in [0.1, 0.15) is 12.4 Å². The molecule has 0 heterocycles. The SMILES string of the molecule is COC(=O)CN(Cc1ccccc1C)C(=O)Cc1cccc(F)c1. The monoisotopic (exact) mass is 329 g/mol. The fourth-order valence-electron chi connectivity index (χ4n) is 2.38. The highest BCUT2D eigenvalue weighted by Crippen LogP contribution is 2.13. The van der Waals surface area contributed by atoms with Crippen molar-refractivity contribution in [2.24, 2.45) is 0 Å². The van der Waals surface area contributed by atoms with Gasteiger partial charge < -0.3 is 9.64 Å². The van der Waals surface area contributed by atoms with Crippen molar-refractivity contribution in [1.82, 2.24) is 4.90 Å². The summed E-state index contributed by atoms with van der Waals surface area (Å²) < 4.78 is 18.0. The van der Waals surface area contributed by atoms with Crippen molar-refractivity contribution in [3.63, 3.8) is 0 Å². The number of ether oxygens (including phenoxy) is 1. The van der Waals surface area contributed by atoms with E-state index in [1.807, 2.05) is 31.2 Å². The number of carbonyl (C=O) groups excluding carboxylic acids is 2. The number of hydrogen-bond donors (Lipinski definition) is 0. The Morgan fingerprint density at radius 2 is 1.88 bits per heavy atom. The molecule has 0 aliphatic rings. The third-order valence-corrected chi connectivity index (χ3v) is 3.77. The lowest BCUT2D eigenvalue weighted by Gasteiger charge is -2.22. The van der Waals surface area contributed by atoms with E-state index in [1.165, 1.54) is 24.1 Å². The molecule has 2 aromatic carbocycles. The number of aryl methyl sites for hydroxylation is 1. The van der Waals surface area contributed by atoms with E-state index in [2.05, 4.69) is 4.74 Å². The van der Waals surface area contributed by atoms with E-state index in [0.29, 0.717) is 12.1 Å². The fraction of sp³-hybridized carbons (Fsp3) is 0.263. The van der Waals surface area contributed by atoms with Gasteiger partial charge in [0, 0.05) is 6.54 Å². The summed E-state index contributed by atoms with van der Waals surface area (Å²) in [7, 11) is 1.28. The molecule has 0 saturated heterocycles. The summed E-state index contributed by atoms with van der Waals surface area (Å²) in [6.07, 6.45) is 0.0284. The molecular weight excluding hydrogens is 309 g/mol. The summed E-state index contributed by atoms with van der Waals surface area (Å²) >= 11 is 0. The Morgan fingerprint density at radius 3 is 2.54 bits per heavy atom. The van der Waals surface area contributed by atoms with Crippen molar-refractivity contribution in [1.29, 1.82) is 0 Å². The smallest absolute Gasteiger partial charge is 0.325 e. The molecule has 4 nitrogen and oxygen atoms in total. The molecule has 0 atom stereocenters. The molecule has 0 spiro atoms. The summed E-state index contributed by atoms with van der Waals surface area (Å²) in [5.74, 6) is -1.14. The number of benzene rings is 2. The molecule has 0 saturated carbocycles. The Morgan fingerprint density at radius 1 is 1.12 bits per heavy atom. The number of methoxy groups -OCH3 is 1. The van der Waals surface area contributed by atoms with Crippen LogP contribution in [0.2, 0.25) is 0 Å². The molecule has 0 aromatic heterocycles. The van der Waals surface area contributed by atoms with Crippen LogP contribution in [0.4, 0.5) is 4.39 Å². The zero-order valence-corrected chi connectivity index (χ0v) is 13.8. The minimum absolute atomic E-state index is 0.0284. The number of halogens is 1. The number of rotatable bonds is 6. The van der Waals surface area contributed by atoms with Crippen LogP contribution in [0.25, 0.3) is 0 Å². The molecular formula is C19H20FNO3. The maximum Gasteiger partial charge on any atom is 0.325 e. The maximum absolute atomic E-state index is 13.3. The summed E-state index contributed by atoms with van der Waals surface area (Å²) in [5, 5.41) is 0. The van der Waals surface area contributed by atoms with Crippen LogP contribution in [0.3, 0.4) is 0 Å². The Labute approximate surface area is 140 Å². The Bertz CT molecular complexity index is 730. The lowest BCUT2D eigenvalue weighted by molar-refractivity contribution is -0.147. The van der Waals surface area contributed by atoms with Crippen LogP contribution >= 0.6 is 0 Å². The molecule has 0 bridgehead atoms. The van der Waals surface area contributed by atoms with E-state index < -0.39 is 11.8 Å². The largest absolute Gasteiger partial charge is 0.468 e. The highest BCUT2D eigenvalue weighted by atomic mass is 19.1. The number of nitrogens with zero attached hydrogens (tertiary/aromatic N) is 1. The Hall–Kier alpha value is -2.69. The Balaban J connectivity index is 2.17. The Kier molecular flexibility index (Phi) is 6.07. The van der Waals surface area contributed by atoms with Crippen LogP contribution < -0.4 is 0 Å². The van der Waals surface area contributed by atoms with Gasteiger partial charge in [0.25, 0.3) is 0 Å². The van der Waals surface area contributed by atoms with Gasteiger partial charge in [0.2, 0.25) is 5.91 Å². The normalized spacial score (nSPS) is 10.3. The first-order valence-corrected chi connectivity index (χ1v) is 7.63. The highest BCUT2D eigenvalue weighted by Gasteiger charge is 2.19. The molecule has 0 aliphatic carbocycles. The molecule has 0 radical (unpaired) electrons. The van der Waals surface area contributed by atoms with Crippen molar-refractivity contribution in [2.45, 2.75) is 19.9 Å². The molecule has 0 N–H and O–H groups in total. The fourth-order valence-corrected chi connectivity index (χ4v) is 2.38. The summed E-state index contributed by atoms with van der Waals surface area (Å²) in [5.41, 5.74) is 2.56. The number of carbonyl (C=O) groups is 2. The van der Waals surface area contributed by atoms with Crippen LogP contribution in [0.5, 0.6) is 0 Å². The van der Waals surface area contributed by atoms with Crippen LogP contribution in [0.15, 0.2) is 48.5 Å². The van der Waals surface area contributed by atoms with Crippen molar-refractivity contribution >= 4 is 11.9 Å². The molecule has 1 amide bonds. The molecule has 126 valence electrons. The van der Waals surface area contributed by atoms with E-state index in [-0.39, 0.29) is 18.9 Å². The van der Waals surface area contributed by atoms with Crippen LogP contribution in [-0.2, 0) is 27.3 Å². The van der Waals surface area contributed by atoms with Crippen molar-refractivity contribution in [3.8, 4) is 0 Å². The van der Waals surface area contributed by atoms with Gasteiger partial charge in [-0.05, 0) is 35.7 Å². The van der Waals surface area contributed by atoms with E-state index in [4.69, 9.17) is 0 Å². The third-order valence-electron chi connectivity index (χ3n) is 3.77. The second-order valence-electron chi connectivity index (χ2n) is 5.56. The molecule has 2 aromatic rings. The predicted molar refractivity (Wildman–Crippen MR) is 88.7 cm³/mol. The second kappa shape index (κ2) is 8.24. The van der Waals surface area contributed by atoms with Gasteiger partial charge in [-0.15, -0.1) is 0 Å². The van der Waals surface area contributed by atoms with Gasteiger partial charge in [-0.25, -0.2) is 4.39 Å². The van der Waals surface area contributed by atoms with Gasteiger partial charge in [0.05, 0.1) is 13.5 Å². The minimum atomic E-state index is -0.490. The molecule has 5 heteroatoms. The average molecular weight is 329 g/mol. The zero-order valence-electron chi connectivity index (χ0n) is 13.8.